The lowest BCUT2D eigenvalue weighted by molar-refractivity contribution is -0.116. The second kappa shape index (κ2) is 8.04. The quantitative estimate of drug-likeness (QED) is 0.779. The van der Waals surface area contributed by atoms with Gasteiger partial charge in [0.1, 0.15) is 5.82 Å². The summed E-state index contributed by atoms with van der Waals surface area (Å²) in [4.78, 5) is 15.6. The number of nitrogens with zero attached hydrogens (tertiary/aromatic N) is 2. The monoisotopic (exact) mass is 367 g/mol. The summed E-state index contributed by atoms with van der Waals surface area (Å²) < 4.78 is 38.6. The molecular formula is C16H18FN3O4S. The molecule has 2 aromatic rings. The van der Waals surface area contributed by atoms with E-state index in [4.69, 9.17) is 0 Å². The van der Waals surface area contributed by atoms with Gasteiger partial charge in [-0.1, -0.05) is 0 Å². The number of carbonyl (C=O) groups excluding carboxylic acids is 1. The molecule has 0 spiro atoms. The highest BCUT2D eigenvalue weighted by atomic mass is 32.2. The van der Waals surface area contributed by atoms with Crippen molar-refractivity contribution in [3.05, 3.63) is 48.4 Å². The number of aromatic hydroxyl groups is 1. The number of anilines is 1. The van der Waals surface area contributed by atoms with Gasteiger partial charge in [0.2, 0.25) is 15.9 Å². The predicted octanol–water partition coefficient (Wildman–Crippen LogP) is 1.97. The van der Waals surface area contributed by atoms with E-state index in [9.17, 15) is 22.7 Å². The van der Waals surface area contributed by atoms with Crippen LogP contribution in [0.5, 0.6) is 5.75 Å². The van der Waals surface area contributed by atoms with Crippen molar-refractivity contribution >= 4 is 21.7 Å². The molecule has 0 radical (unpaired) electrons. The Morgan fingerprint density at radius 2 is 1.96 bits per heavy atom. The average molecular weight is 367 g/mol. The van der Waals surface area contributed by atoms with Gasteiger partial charge in [-0.15, -0.1) is 0 Å². The van der Waals surface area contributed by atoms with Gasteiger partial charge in [0, 0.05) is 26.2 Å². The van der Waals surface area contributed by atoms with Gasteiger partial charge in [0.15, 0.2) is 11.6 Å². The number of sulfonamides is 1. The Balaban J connectivity index is 1.87. The first kappa shape index (κ1) is 18.8. The van der Waals surface area contributed by atoms with E-state index in [-0.39, 0.29) is 41.8 Å². The lowest BCUT2D eigenvalue weighted by Crippen LogP contribution is -2.28. The van der Waals surface area contributed by atoms with E-state index in [1.54, 1.807) is 0 Å². The van der Waals surface area contributed by atoms with E-state index in [0.29, 0.717) is 0 Å². The first-order chi connectivity index (χ1) is 11.8. The number of pyridine rings is 1. The van der Waals surface area contributed by atoms with E-state index in [1.807, 2.05) is 0 Å². The molecule has 0 aliphatic carbocycles. The van der Waals surface area contributed by atoms with Crippen LogP contribution in [0.2, 0.25) is 0 Å². The molecular weight excluding hydrogens is 349 g/mol. The summed E-state index contributed by atoms with van der Waals surface area (Å²) in [6, 6.07) is 7.46. The minimum absolute atomic E-state index is 0.0146. The third kappa shape index (κ3) is 4.97. The summed E-state index contributed by atoms with van der Waals surface area (Å²) in [7, 11) is -2.35. The number of benzene rings is 1. The Morgan fingerprint density at radius 3 is 2.60 bits per heavy atom. The maximum absolute atomic E-state index is 12.9. The summed E-state index contributed by atoms with van der Waals surface area (Å²) in [5.41, 5.74) is 0. The van der Waals surface area contributed by atoms with Gasteiger partial charge in [-0.05, 0) is 42.8 Å². The molecule has 0 unspecified atom stereocenters. The Kier molecular flexibility index (Phi) is 6.05. The number of nitrogens with one attached hydrogen (secondary N) is 1. The summed E-state index contributed by atoms with van der Waals surface area (Å²) in [6.45, 7) is 0.112. The first-order valence-corrected chi connectivity index (χ1v) is 8.90. The summed E-state index contributed by atoms with van der Waals surface area (Å²) >= 11 is 0. The second-order valence-electron chi connectivity index (χ2n) is 5.30. The molecule has 0 aliphatic heterocycles. The Labute approximate surface area is 145 Å². The highest BCUT2D eigenvalue weighted by Gasteiger charge is 2.20. The SMILES string of the molecule is CN(CCCC(=O)Nc1ncccc1O)S(=O)(=O)c1ccc(F)cc1. The van der Waals surface area contributed by atoms with E-state index < -0.39 is 15.8 Å². The number of hydrogen-bond donors (Lipinski definition) is 2. The molecule has 1 amide bonds. The van der Waals surface area contributed by atoms with Crippen molar-refractivity contribution in [1.82, 2.24) is 9.29 Å². The molecule has 1 aromatic heterocycles. The van der Waals surface area contributed by atoms with Crippen LogP contribution in [0.4, 0.5) is 10.2 Å². The molecule has 7 nitrogen and oxygen atoms in total. The van der Waals surface area contributed by atoms with Gasteiger partial charge in [-0.25, -0.2) is 22.1 Å². The van der Waals surface area contributed by atoms with Crippen LogP contribution in [-0.2, 0) is 14.8 Å². The van der Waals surface area contributed by atoms with Crippen LogP contribution in [0, 0.1) is 5.82 Å². The molecule has 0 fully saturated rings. The lowest BCUT2D eigenvalue weighted by atomic mass is 10.3. The fraction of sp³-hybridized carbons (Fsp3) is 0.250. The molecule has 25 heavy (non-hydrogen) atoms. The zero-order valence-corrected chi connectivity index (χ0v) is 14.3. The third-order valence-corrected chi connectivity index (χ3v) is 5.31. The van der Waals surface area contributed by atoms with Gasteiger partial charge < -0.3 is 10.4 Å². The van der Waals surface area contributed by atoms with Crippen LogP contribution < -0.4 is 5.32 Å². The maximum Gasteiger partial charge on any atom is 0.242 e. The Hall–Kier alpha value is -2.52. The third-order valence-electron chi connectivity index (χ3n) is 3.44. The van der Waals surface area contributed by atoms with Crippen LogP contribution >= 0.6 is 0 Å². The number of halogens is 1. The van der Waals surface area contributed by atoms with Crippen molar-refractivity contribution in [2.75, 3.05) is 18.9 Å². The zero-order chi connectivity index (χ0) is 18.4. The fourth-order valence-corrected chi connectivity index (χ4v) is 3.27. The number of amides is 1. The second-order valence-corrected chi connectivity index (χ2v) is 7.35. The highest BCUT2D eigenvalue weighted by Crippen LogP contribution is 2.19. The molecule has 134 valence electrons. The molecule has 0 saturated heterocycles. The van der Waals surface area contributed by atoms with Gasteiger partial charge in [0.05, 0.1) is 4.90 Å². The first-order valence-electron chi connectivity index (χ1n) is 7.46. The van der Waals surface area contributed by atoms with Crippen molar-refractivity contribution in [1.29, 1.82) is 0 Å². The predicted molar refractivity (Wildman–Crippen MR) is 90.0 cm³/mol. The molecule has 1 aromatic carbocycles. The summed E-state index contributed by atoms with van der Waals surface area (Å²) in [5.74, 6) is -0.996. The Morgan fingerprint density at radius 1 is 1.28 bits per heavy atom. The van der Waals surface area contributed by atoms with Gasteiger partial charge >= 0.3 is 0 Å². The van der Waals surface area contributed by atoms with Crippen LogP contribution in [0.3, 0.4) is 0 Å². The van der Waals surface area contributed by atoms with E-state index in [0.717, 1.165) is 16.4 Å². The standard InChI is InChI=1S/C16H18FN3O4S/c1-20(25(23,24)13-8-6-12(17)7-9-13)11-3-5-15(22)19-16-14(21)4-2-10-18-16/h2,4,6-10,21H,3,5,11H2,1H3,(H,18,19,22). The average Bonchev–Trinajstić information content (AvgIpc) is 2.57. The topological polar surface area (TPSA) is 99.6 Å². The van der Waals surface area contributed by atoms with E-state index in [2.05, 4.69) is 10.3 Å². The number of hydrogen-bond acceptors (Lipinski definition) is 5. The minimum Gasteiger partial charge on any atom is -0.504 e. The molecule has 9 heteroatoms. The van der Waals surface area contributed by atoms with Crippen molar-refractivity contribution in [3.63, 3.8) is 0 Å². The largest absolute Gasteiger partial charge is 0.504 e. The van der Waals surface area contributed by atoms with Gasteiger partial charge in [-0.2, -0.15) is 0 Å². The molecule has 0 saturated carbocycles. The molecule has 2 rings (SSSR count). The van der Waals surface area contributed by atoms with E-state index in [1.165, 1.54) is 37.5 Å². The van der Waals surface area contributed by atoms with Crippen LogP contribution in [0.15, 0.2) is 47.5 Å². The van der Waals surface area contributed by atoms with Crippen molar-refractivity contribution in [2.24, 2.45) is 0 Å². The lowest BCUT2D eigenvalue weighted by Gasteiger charge is -2.17. The number of aromatic nitrogens is 1. The molecule has 1 heterocycles. The molecule has 0 bridgehead atoms. The summed E-state index contributed by atoms with van der Waals surface area (Å²) in [5, 5.41) is 12.0. The van der Waals surface area contributed by atoms with Gasteiger partial charge in [0.25, 0.3) is 0 Å². The zero-order valence-electron chi connectivity index (χ0n) is 13.5. The van der Waals surface area contributed by atoms with E-state index >= 15 is 0 Å². The van der Waals surface area contributed by atoms with Crippen molar-refractivity contribution in [3.8, 4) is 5.75 Å². The Bertz CT molecular complexity index is 841. The maximum atomic E-state index is 12.9. The smallest absolute Gasteiger partial charge is 0.242 e. The molecule has 2 N–H and O–H groups in total. The minimum atomic E-state index is -3.74. The number of carbonyl (C=O) groups is 1. The van der Waals surface area contributed by atoms with Crippen LogP contribution in [0.25, 0.3) is 0 Å². The fourth-order valence-electron chi connectivity index (χ4n) is 2.06. The van der Waals surface area contributed by atoms with Crippen LogP contribution in [-0.4, -0.2) is 42.3 Å². The molecule has 0 aliphatic rings. The van der Waals surface area contributed by atoms with Crippen molar-refractivity contribution in [2.45, 2.75) is 17.7 Å². The van der Waals surface area contributed by atoms with Crippen LogP contribution in [0.1, 0.15) is 12.8 Å². The van der Waals surface area contributed by atoms with Gasteiger partial charge in [-0.3, -0.25) is 4.79 Å². The number of rotatable bonds is 7. The normalized spacial score (nSPS) is 11.5. The highest BCUT2D eigenvalue weighted by molar-refractivity contribution is 7.89. The van der Waals surface area contributed by atoms with Crippen molar-refractivity contribution < 1.29 is 22.7 Å². The summed E-state index contributed by atoms with van der Waals surface area (Å²) in [6.07, 6.45) is 1.76. The molecule has 0 atom stereocenters.